The summed E-state index contributed by atoms with van der Waals surface area (Å²) in [6.07, 6.45) is -5.25. The van der Waals surface area contributed by atoms with Gasteiger partial charge in [-0.3, -0.25) is 9.52 Å². The van der Waals surface area contributed by atoms with Crippen molar-refractivity contribution < 1.29 is 36.2 Å². The number of hydrogen-bond acceptors (Lipinski definition) is 5. The van der Waals surface area contributed by atoms with Crippen LogP contribution in [-0.2, 0) is 14.8 Å². The van der Waals surface area contributed by atoms with Crippen molar-refractivity contribution in [2.45, 2.75) is 23.6 Å². The Labute approximate surface area is 179 Å². The van der Waals surface area contributed by atoms with E-state index in [4.69, 9.17) is 27.9 Å². The van der Waals surface area contributed by atoms with Gasteiger partial charge in [0.05, 0.1) is 22.8 Å². The number of methoxy groups -OCH3 is 1. The van der Waals surface area contributed by atoms with Crippen molar-refractivity contribution in [3.8, 4) is 5.75 Å². The highest BCUT2D eigenvalue weighted by atomic mass is 35.5. The van der Waals surface area contributed by atoms with Gasteiger partial charge in [0.1, 0.15) is 10.6 Å². The first-order valence-corrected chi connectivity index (χ1v) is 10.2. The van der Waals surface area contributed by atoms with E-state index in [0.717, 1.165) is 12.1 Å². The number of sulfonamides is 1. The largest absolute Gasteiger partial charge is 0.497 e. The summed E-state index contributed by atoms with van der Waals surface area (Å²) in [4.78, 5) is 11.3. The van der Waals surface area contributed by atoms with Gasteiger partial charge in [0.15, 0.2) is 0 Å². The predicted octanol–water partition coefficient (Wildman–Crippen LogP) is 4.05. The first kappa shape index (κ1) is 24.1. The number of rotatable bonds is 6. The average Bonchev–Trinajstić information content (AvgIpc) is 2.64. The summed E-state index contributed by atoms with van der Waals surface area (Å²) in [5.74, 6) is -1.33. The van der Waals surface area contributed by atoms with E-state index in [1.165, 1.54) is 31.4 Å². The molecule has 0 aliphatic rings. The molecule has 30 heavy (non-hydrogen) atoms. The zero-order valence-corrected chi connectivity index (χ0v) is 17.7. The van der Waals surface area contributed by atoms with Crippen LogP contribution in [0, 0.1) is 0 Å². The van der Waals surface area contributed by atoms with E-state index >= 15 is 0 Å². The molecule has 2 aromatic rings. The SMILES string of the molecule is COc1ccc(NS(=O)(=O)c2ccc(NC(=O)[C@@](C)(O)C(F)(F)F)c(Cl)c2Cl)cc1. The van der Waals surface area contributed by atoms with Crippen LogP contribution < -0.4 is 14.8 Å². The monoisotopic (exact) mass is 486 g/mol. The molecule has 0 aliphatic carbocycles. The molecule has 13 heteroatoms. The van der Waals surface area contributed by atoms with Gasteiger partial charge in [-0.1, -0.05) is 23.2 Å². The molecule has 0 unspecified atom stereocenters. The molecule has 7 nitrogen and oxygen atoms in total. The minimum atomic E-state index is -5.25. The van der Waals surface area contributed by atoms with Gasteiger partial charge in [-0.15, -0.1) is 0 Å². The molecule has 0 radical (unpaired) electrons. The third kappa shape index (κ3) is 4.91. The van der Waals surface area contributed by atoms with Crippen molar-refractivity contribution in [1.82, 2.24) is 0 Å². The number of anilines is 2. The molecule has 1 amide bonds. The molecule has 0 aliphatic heterocycles. The Hall–Kier alpha value is -2.21. The molecular formula is C17H15Cl2F3N2O5S. The highest BCUT2D eigenvalue weighted by Gasteiger charge is 2.55. The lowest BCUT2D eigenvalue weighted by Gasteiger charge is -2.25. The van der Waals surface area contributed by atoms with Crippen molar-refractivity contribution in [3.63, 3.8) is 0 Å². The Morgan fingerprint density at radius 2 is 1.63 bits per heavy atom. The molecule has 0 spiro atoms. The second kappa shape index (κ2) is 8.50. The van der Waals surface area contributed by atoms with Crippen LogP contribution in [0.15, 0.2) is 41.3 Å². The maximum Gasteiger partial charge on any atom is 0.426 e. The molecular weight excluding hydrogens is 472 g/mol. The van der Waals surface area contributed by atoms with Gasteiger partial charge in [-0.25, -0.2) is 8.42 Å². The molecule has 0 bridgehead atoms. The van der Waals surface area contributed by atoms with Crippen molar-refractivity contribution in [1.29, 1.82) is 0 Å². The number of aliphatic hydroxyl groups is 1. The standard InChI is InChI=1S/C17H15Cl2F3N2O5S/c1-16(26,17(20,21)22)15(25)23-11-7-8-12(14(19)13(11)18)30(27,28)24-9-3-5-10(29-2)6-4-9/h3-8,24,26H,1-2H3,(H,23,25)/t16-/m1/s1. The van der Waals surface area contributed by atoms with E-state index in [9.17, 15) is 31.5 Å². The van der Waals surface area contributed by atoms with E-state index in [-0.39, 0.29) is 12.6 Å². The number of ether oxygens (including phenoxy) is 1. The smallest absolute Gasteiger partial charge is 0.426 e. The molecule has 0 saturated carbocycles. The molecule has 2 rings (SSSR count). The summed E-state index contributed by atoms with van der Waals surface area (Å²) in [5.41, 5.74) is -3.94. The lowest BCUT2D eigenvalue weighted by Crippen LogP contribution is -2.52. The van der Waals surface area contributed by atoms with Gasteiger partial charge in [0.25, 0.3) is 15.9 Å². The lowest BCUT2D eigenvalue weighted by atomic mass is 10.1. The van der Waals surface area contributed by atoms with Crippen molar-refractivity contribution >= 4 is 50.5 Å². The topological polar surface area (TPSA) is 105 Å². The average molecular weight is 487 g/mol. The normalized spacial score (nSPS) is 14.0. The molecule has 1 atom stereocenters. The Morgan fingerprint density at radius 1 is 1.07 bits per heavy atom. The Kier molecular flexibility index (Phi) is 6.82. The first-order chi connectivity index (χ1) is 13.7. The Bertz CT molecular complexity index is 1060. The van der Waals surface area contributed by atoms with Crippen LogP contribution in [0.3, 0.4) is 0 Å². The summed E-state index contributed by atoms with van der Waals surface area (Å²) in [6, 6.07) is 7.77. The molecule has 0 fully saturated rings. The zero-order valence-electron chi connectivity index (χ0n) is 15.3. The Balaban J connectivity index is 2.32. The van der Waals surface area contributed by atoms with Crippen LogP contribution in [0.1, 0.15) is 6.92 Å². The molecule has 2 aromatic carbocycles. The van der Waals surface area contributed by atoms with E-state index in [0.29, 0.717) is 5.75 Å². The van der Waals surface area contributed by atoms with E-state index < -0.39 is 48.3 Å². The van der Waals surface area contributed by atoms with Gasteiger partial charge in [-0.2, -0.15) is 13.2 Å². The second-order valence-corrected chi connectivity index (χ2v) is 8.50. The number of benzene rings is 2. The third-order valence-electron chi connectivity index (χ3n) is 3.92. The van der Waals surface area contributed by atoms with Gasteiger partial charge in [-0.05, 0) is 43.3 Å². The van der Waals surface area contributed by atoms with E-state index in [2.05, 4.69) is 4.72 Å². The highest BCUT2D eigenvalue weighted by Crippen LogP contribution is 2.37. The molecule has 0 heterocycles. The number of halogens is 5. The van der Waals surface area contributed by atoms with Gasteiger partial charge in [0.2, 0.25) is 5.60 Å². The van der Waals surface area contributed by atoms with Gasteiger partial charge < -0.3 is 15.2 Å². The Morgan fingerprint density at radius 3 is 2.13 bits per heavy atom. The number of alkyl halides is 3. The fourth-order valence-electron chi connectivity index (χ4n) is 2.08. The predicted molar refractivity (Wildman–Crippen MR) is 106 cm³/mol. The lowest BCUT2D eigenvalue weighted by molar-refractivity contribution is -0.242. The van der Waals surface area contributed by atoms with Crippen molar-refractivity contribution in [2.24, 2.45) is 0 Å². The van der Waals surface area contributed by atoms with Crippen LogP contribution >= 0.6 is 23.2 Å². The molecule has 0 saturated heterocycles. The van der Waals surface area contributed by atoms with Crippen LogP contribution in [0.25, 0.3) is 0 Å². The zero-order chi connectivity index (χ0) is 22.9. The number of carbonyl (C=O) groups excluding carboxylic acids is 1. The summed E-state index contributed by atoms with van der Waals surface area (Å²) < 4.78 is 70.7. The van der Waals surface area contributed by atoms with Crippen molar-refractivity contribution in [2.75, 3.05) is 17.1 Å². The summed E-state index contributed by atoms with van der Waals surface area (Å²) in [6.45, 7) is 0.259. The molecule has 0 aromatic heterocycles. The van der Waals surface area contributed by atoms with Crippen LogP contribution in [0.2, 0.25) is 10.0 Å². The summed E-state index contributed by atoms with van der Waals surface area (Å²) in [5, 5.41) is 10.1. The third-order valence-corrected chi connectivity index (χ3v) is 6.34. The molecule has 164 valence electrons. The van der Waals surface area contributed by atoms with Crippen LogP contribution in [0.5, 0.6) is 5.75 Å². The van der Waals surface area contributed by atoms with Crippen LogP contribution in [-0.4, -0.2) is 38.3 Å². The summed E-state index contributed by atoms with van der Waals surface area (Å²) in [7, 11) is -2.79. The maximum absolute atomic E-state index is 12.8. The summed E-state index contributed by atoms with van der Waals surface area (Å²) >= 11 is 11.9. The van der Waals surface area contributed by atoms with E-state index in [1.807, 2.05) is 0 Å². The minimum Gasteiger partial charge on any atom is -0.497 e. The first-order valence-electron chi connectivity index (χ1n) is 7.96. The number of amides is 1. The van der Waals surface area contributed by atoms with E-state index in [1.54, 1.807) is 5.32 Å². The van der Waals surface area contributed by atoms with Gasteiger partial charge >= 0.3 is 6.18 Å². The number of hydrogen-bond donors (Lipinski definition) is 3. The number of nitrogens with one attached hydrogen (secondary N) is 2. The quantitative estimate of drug-likeness (QED) is 0.571. The number of carbonyl (C=O) groups is 1. The van der Waals surface area contributed by atoms with Crippen LogP contribution in [0.4, 0.5) is 24.5 Å². The molecule has 3 N–H and O–H groups in total. The van der Waals surface area contributed by atoms with Crippen molar-refractivity contribution in [3.05, 3.63) is 46.4 Å². The second-order valence-electron chi connectivity index (χ2n) is 6.10. The van der Waals surface area contributed by atoms with Gasteiger partial charge in [0, 0.05) is 5.69 Å². The fraction of sp³-hybridized carbons (Fsp3) is 0.235. The fourth-order valence-corrected chi connectivity index (χ4v) is 3.96. The highest BCUT2D eigenvalue weighted by molar-refractivity contribution is 7.92. The minimum absolute atomic E-state index is 0.182. The maximum atomic E-state index is 12.8.